The third-order valence-corrected chi connectivity index (χ3v) is 2.26. The molecule has 0 aliphatic heterocycles. The van der Waals surface area contributed by atoms with Gasteiger partial charge in [-0.15, -0.1) is 0 Å². The van der Waals surface area contributed by atoms with Crippen LogP contribution in [0.5, 0.6) is 0 Å². The summed E-state index contributed by atoms with van der Waals surface area (Å²) in [7, 11) is 0. The monoisotopic (exact) mass is 183 g/mol. The summed E-state index contributed by atoms with van der Waals surface area (Å²) in [5, 5.41) is 3.33. The SMILES string of the molecule is Cc1cc(NC=O)cc(C)c1Cl. The number of amides is 1. The highest BCUT2D eigenvalue weighted by Gasteiger charge is 2.01. The van der Waals surface area contributed by atoms with Crippen LogP contribution in [0.1, 0.15) is 11.1 Å². The number of nitrogens with one attached hydrogen (secondary N) is 1. The van der Waals surface area contributed by atoms with Gasteiger partial charge in [0.1, 0.15) is 0 Å². The van der Waals surface area contributed by atoms with Crippen LogP contribution in [0, 0.1) is 13.8 Å². The summed E-state index contributed by atoms with van der Waals surface area (Å²) in [6, 6.07) is 3.67. The molecule has 0 aliphatic carbocycles. The van der Waals surface area contributed by atoms with Gasteiger partial charge >= 0.3 is 0 Å². The Labute approximate surface area is 76.5 Å². The molecule has 0 heterocycles. The highest BCUT2D eigenvalue weighted by molar-refractivity contribution is 6.32. The molecule has 0 spiro atoms. The molecule has 1 rings (SSSR count). The Morgan fingerprint density at radius 2 is 1.83 bits per heavy atom. The molecule has 0 atom stereocenters. The summed E-state index contributed by atoms with van der Waals surface area (Å²) in [6.07, 6.45) is 0.655. The quantitative estimate of drug-likeness (QED) is 0.702. The van der Waals surface area contributed by atoms with E-state index in [9.17, 15) is 4.79 Å². The van der Waals surface area contributed by atoms with E-state index in [0.29, 0.717) is 6.41 Å². The number of anilines is 1. The van der Waals surface area contributed by atoms with E-state index in [1.165, 1.54) is 0 Å². The fraction of sp³-hybridized carbons (Fsp3) is 0.222. The Morgan fingerprint density at radius 1 is 1.33 bits per heavy atom. The van der Waals surface area contributed by atoms with Gasteiger partial charge in [-0.1, -0.05) is 11.6 Å². The van der Waals surface area contributed by atoms with Crippen molar-refractivity contribution >= 4 is 23.7 Å². The van der Waals surface area contributed by atoms with Crippen LogP contribution in [-0.4, -0.2) is 6.41 Å². The summed E-state index contributed by atoms with van der Waals surface area (Å²) in [5.74, 6) is 0. The van der Waals surface area contributed by atoms with Gasteiger partial charge in [0.2, 0.25) is 6.41 Å². The third-order valence-electron chi connectivity index (χ3n) is 1.66. The van der Waals surface area contributed by atoms with Crippen molar-refractivity contribution in [3.63, 3.8) is 0 Å². The smallest absolute Gasteiger partial charge is 0.211 e. The molecule has 0 saturated heterocycles. The fourth-order valence-corrected chi connectivity index (χ4v) is 1.21. The first-order valence-electron chi connectivity index (χ1n) is 3.62. The second kappa shape index (κ2) is 3.59. The number of aryl methyl sites for hydroxylation is 2. The molecule has 12 heavy (non-hydrogen) atoms. The van der Waals surface area contributed by atoms with E-state index in [-0.39, 0.29) is 0 Å². The molecule has 1 aromatic rings. The third kappa shape index (κ3) is 1.77. The van der Waals surface area contributed by atoms with Crippen molar-refractivity contribution < 1.29 is 4.79 Å². The van der Waals surface area contributed by atoms with Crippen molar-refractivity contribution in [1.29, 1.82) is 0 Å². The van der Waals surface area contributed by atoms with E-state index in [4.69, 9.17) is 11.6 Å². The van der Waals surface area contributed by atoms with E-state index < -0.39 is 0 Å². The first kappa shape index (κ1) is 9.07. The molecule has 0 fully saturated rings. The van der Waals surface area contributed by atoms with Gasteiger partial charge < -0.3 is 5.32 Å². The average Bonchev–Trinajstić information content (AvgIpc) is 2.01. The number of halogens is 1. The molecule has 1 N–H and O–H groups in total. The molecular formula is C9H10ClNO. The molecule has 0 unspecified atom stereocenters. The Kier molecular flexibility index (Phi) is 2.71. The molecule has 1 amide bonds. The predicted molar refractivity (Wildman–Crippen MR) is 50.6 cm³/mol. The van der Waals surface area contributed by atoms with E-state index in [2.05, 4.69) is 5.32 Å². The zero-order chi connectivity index (χ0) is 9.14. The normalized spacial score (nSPS) is 9.58. The molecule has 0 saturated carbocycles. The fourth-order valence-electron chi connectivity index (χ4n) is 1.10. The van der Waals surface area contributed by atoms with Gasteiger partial charge in [-0.25, -0.2) is 0 Å². The van der Waals surface area contributed by atoms with E-state index >= 15 is 0 Å². The van der Waals surface area contributed by atoms with Crippen molar-refractivity contribution in [2.45, 2.75) is 13.8 Å². The van der Waals surface area contributed by atoms with E-state index in [1.54, 1.807) is 0 Å². The predicted octanol–water partition coefficient (Wildman–Crippen LogP) is 2.53. The lowest BCUT2D eigenvalue weighted by Gasteiger charge is -2.05. The molecule has 0 radical (unpaired) electrons. The van der Waals surface area contributed by atoms with Crippen molar-refractivity contribution in [1.82, 2.24) is 0 Å². The zero-order valence-electron chi connectivity index (χ0n) is 7.02. The Morgan fingerprint density at radius 3 is 2.25 bits per heavy atom. The van der Waals surface area contributed by atoms with Gasteiger partial charge in [0.05, 0.1) is 0 Å². The second-order valence-corrected chi connectivity index (χ2v) is 3.06. The summed E-state index contributed by atoms with van der Waals surface area (Å²) in [4.78, 5) is 10.1. The number of carbonyl (C=O) groups is 1. The Balaban J connectivity index is 3.11. The minimum Gasteiger partial charge on any atom is -0.329 e. The van der Waals surface area contributed by atoms with Crippen molar-refractivity contribution in [2.24, 2.45) is 0 Å². The van der Waals surface area contributed by atoms with Crippen LogP contribution < -0.4 is 5.32 Å². The topological polar surface area (TPSA) is 29.1 Å². The standard InChI is InChI=1S/C9H10ClNO/c1-6-3-8(11-5-12)4-7(2)9(6)10/h3-5H,1-2H3,(H,11,12). The van der Waals surface area contributed by atoms with Crippen LogP contribution in [-0.2, 0) is 4.79 Å². The summed E-state index contributed by atoms with van der Waals surface area (Å²) >= 11 is 5.93. The van der Waals surface area contributed by atoms with Crippen molar-refractivity contribution in [3.8, 4) is 0 Å². The number of rotatable bonds is 2. The number of hydrogen-bond donors (Lipinski definition) is 1. The molecule has 3 heteroatoms. The minimum absolute atomic E-state index is 0.655. The maximum Gasteiger partial charge on any atom is 0.211 e. The van der Waals surface area contributed by atoms with E-state index in [1.807, 2.05) is 26.0 Å². The second-order valence-electron chi connectivity index (χ2n) is 2.69. The van der Waals surface area contributed by atoms with Crippen molar-refractivity contribution in [2.75, 3.05) is 5.32 Å². The van der Waals surface area contributed by atoms with Crippen LogP contribution in [0.2, 0.25) is 5.02 Å². The van der Waals surface area contributed by atoms with Crippen LogP contribution in [0.15, 0.2) is 12.1 Å². The van der Waals surface area contributed by atoms with Gasteiger partial charge in [-0.05, 0) is 37.1 Å². The Hall–Kier alpha value is -1.02. The first-order valence-corrected chi connectivity index (χ1v) is 4.00. The molecule has 0 bridgehead atoms. The van der Waals surface area contributed by atoms with Gasteiger partial charge in [0.15, 0.2) is 0 Å². The summed E-state index contributed by atoms with van der Waals surface area (Å²) in [6.45, 7) is 3.82. The number of hydrogen-bond acceptors (Lipinski definition) is 1. The Bertz CT molecular complexity index is 286. The zero-order valence-corrected chi connectivity index (χ0v) is 7.77. The molecule has 64 valence electrons. The van der Waals surface area contributed by atoms with E-state index in [0.717, 1.165) is 21.8 Å². The minimum atomic E-state index is 0.655. The molecule has 1 aromatic carbocycles. The van der Waals surface area contributed by atoms with Gasteiger partial charge in [-0.2, -0.15) is 0 Å². The molecule has 2 nitrogen and oxygen atoms in total. The molecule has 0 aliphatic rings. The lowest BCUT2D eigenvalue weighted by molar-refractivity contribution is -0.105. The van der Waals surface area contributed by atoms with Gasteiger partial charge in [-0.3, -0.25) is 4.79 Å². The van der Waals surface area contributed by atoms with Gasteiger partial charge in [0, 0.05) is 10.7 Å². The highest BCUT2D eigenvalue weighted by Crippen LogP contribution is 2.23. The average molecular weight is 184 g/mol. The summed E-state index contributed by atoms with van der Waals surface area (Å²) < 4.78 is 0. The first-order chi connectivity index (χ1) is 5.65. The van der Waals surface area contributed by atoms with Crippen LogP contribution in [0.3, 0.4) is 0 Å². The van der Waals surface area contributed by atoms with Crippen LogP contribution in [0.25, 0.3) is 0 Å². The summed E-state index contributed by atoms with van der Waals surface area (Å²) in [5.41, 5.74) is 2.73. The number of benzene rings is 1. The number of carbonyl (C=O) groups excluding carboxylic acids is 1. The van der Waals surface area contributed by atoms with Crippen LogP contribution in [0.4, 0.5) is 5.69 Å². The largest absolute Gasteiger partial charge is 0.329 e. The van der Waals surface area contributed by atoms with Gasteiger partial charge in [0.25, 0.3) is 0 Å². The molecular weight excluding hydrogens is 174 g/mol. The van der Waals surface area contributed by atoms with Crippen LogP contribution >= 0.6 is 11.6 Å². The highest BCUT2D eigenvalue weighted by atomic mass is 35.5. The maximum absolute atomic E-state index is 10.1. The molecule has 0 aromatic heterocycles. The lowest BCUT2D eigenvalue weighted by Crippen LogP contribution is -1.95. The van der Waals surface area contributed by atoms with Crippen molar-refractivity contribution in [3.05, 3.63) is 28.3 Å². The lowest BCUT2D eigenvalue weighted by atomic mass is 10.1. The maximum atomic E-state index is 10.1.